The van der Waals surface area contributed by atoms with Gasteiger partial charge in [-0.3, -0.25) is 4.79 Å². The molecule has 7 nitrogen and oxygen atoms in total. The Hall–Kier alpha value is -3.22. The van der Waals surface area contributed by atoms with Gasteiger partial charge in [0.25, 0.3) is 0 Å². The van der Waals surface area contributed by atoms with Crippen LogP contribution in [-0.4, -0.2) is 40.3 Å². The van der Waals surface area contributed by atoms with Crippen molar-refractivity contribution >= 4 is 17.6 Å². The first-order chi connectivity index (χ1) is 12.9. The largest absolute Gasteiger partial charge is 0.493 e. The summed E-state index contributed by atoms with van der Waals surface area (Å²) >= 11 is 0. The highest BCUT2D eigenvalue weighted by Crippen LogP contribution is 2.38. The Morgan fingerprint density at radius 1 is 0.926 bits per heavy atom. The number of rotatable bonds is 7. The Bertz CT molecular complexity index is 821. The van der Waals surface area contributed by atoms with E-state index in [9.17, 15) is 9.59 Å². The second-order valence-electron chi connectivity index (χ2n) is 5.78. The Labute approximate surface area is 158 Å². The van der Waals surface area contributed by atoms with Gasteiger partial charge in [0, 0.05) is 5.69 Å². The van der Waals surface area contributed by atoms with Gasteiger partial charge in [-0.2, -0.15) is 0 Å². The standard InChI is InChI=1S/C20H23NO6/c1-12-6-7-14(20(23)27-5)11-15(12)21-18(22)10-13-8-16(24-2)19(26-4)17(9-13)25-3/h6-9,11H,10H2,1-5H3,(H,21,22). The first kappa shape index (κ1) is 20.1. The summed E-state index contributed by atoms with van der Waals surface area (Å²) in [5, 5.41) is 2.82. The molecule has 0 saturated carbocycles. The molecule has 2 aromatic rings. The molecule has 27 heavy (non-hydrogen) atoms. The number of benzene rings is 2. The van der Waals surface area contributed by atoms with Crippen LogP contribution in [0.25, 0.3) is 0 Å². The number of hydrogen-bond donors (Lipinski definition) is 1. The number of anilines is 1. The predicted octanol–water partition coefficient (Wildman–Crippen LogP) is 2.99. The summed E-state index contributed by atoms with van der Waals surface area (Å²) in [6, 6.07) is 8.43. The van der Waals surface area contributed by atoms with E-state index in [2.05, 4.69) is 5.32 Å². The maximum absolute atomic E-state index is 12.5. The quantitative estimate of drug-likeness (QED) is 0.752. The van der Waals surface area contributed by atoms with Crippen LogP contribution in [0.1, 0.15) is 21.5 Å². The summed E-state index contributed by atoms with van der Waals surface area (Å²) < 4.78 is 20.6. The molecule has 0 fully saturated rings. The number of hydrogen-bond acceptors (Lipinski definition) is 6. The lowest BCUT2D eigenvalue weighted by molar-refractivity contribution is -0.115. The predicted molar refractivity (Wildman–Crippen MR) is 101 cm³/mol. The molecule has 0 unspecified atom stereocenters. The van der Waals surface area contributed by atoms with Crippen molar-refractivity contribution in [1.29, 1.82) is 0 Å². The molecule has 2 rings (SSSR count). The molecule has 144 valence electrons. The van der Waals surface area contributed by atoms with E-state index in [0.717, 1.165) is 5.56 Å². The van der Waals surface area contributed by atoms with Crippen molar-refractivity contribution in [3.05, 3.63) is 47.0 Å². The third-order valence-electron chi connectivity index (χ3n) is 4.02. The minimum atomic E-state index is -0.463. The molecule has 0 aliphatic heterocycles. The Morgan fingerprint density at radius 3 is 2.07 bits per heavy atom. The Balaban J connectivity index is 2.22. The number of aryl methyl sites for hydroxylation is 1. The van der Waals surface area contributed by atoms with E-state index in [4.69, 9.17) is 18.9 Å². The molecule has 0 aliphatic rings. The SMILES string of the molecule is COC(=O)c1ccc(C)c(NC(=O)Cc2cc(OC)c(OC)c(OC)c2)c1. The minimum Gasteiger partial charge on any atom is -0.493 e. The van der Waals surface area contributed by atoms with Crippen molar-refractivity contribution in [3.63, 3.8) is 0 Å². The van der Waals surface area contributed by atoms with E-state index in [1.165, 1.54) is 28.4 Å². The third-order valence-corrected chi connectivity index (χ3v) is 4.02. The molecule has 0 heterocycles. The van der Waals surface area contributed by atoms with E-state index in [1.807, 2.05) is 6.92 Å². The Kier molecular flexibility index (Phi) is 6.65. The van der Waals surface area contributed by atoms with Crippen molar-refractivity contribution in [2.75, 3.05) is 33.8 Å². The topological polar surface area (TPSA) is 83.1 Å². The number of esters is 1. The first-order valence-corrected chi connectivity index (χ1v) is 8.21. The van der Waals surface area contributed by atoms with Gasteiger partial charge in [0.05, 0.1) is 40.4 Å². The molecule has 1 amide bonds. The molecule has 7 heteroatoms. The van der Waals surface area contributed by atoms with E-state index in [1.54, 1.807) is 30.3 Å². The number of methoxy groups -OCH3 is 4. The third kappa shape index (κ3) is 4.69. The van der Waals surface area contributed by atoms with Gasteiger partial charge >= 0.3 is 5.97 Å². The molecular weight excluding hydrogens is 350 g/mol. The van der Waals surface area contributed by atoms with Crippen LogP contribution in [-0.2, 0) is 16.0 Å². The number of nitrogens with one attached hydrogen (secondary N) is 1. The smallest absolute Gasteiger partial charge is 0.337 e. The fourth-order valence-electron chi connectivity index (χ4n) is 2.62. The average Bonchev–Trinajstić information content (AvgIpc) is 2.67. The van der Waals surface area contributed by atoms with Crippen LogP contribution in [0.3, 0.4) is 0 Å². The zero-order valence-electron chi connectivity index (χ0n) is 16.0. The molecule has 0 radical (unpaired) electrons. The molecule has 0 atom stereocenters. The van der Waals surface area contributed by atoms with Crippen LogP contribution >= 0.6 is 0 Å². The maximum atomic E-state index is 12.5. The van der Waals surface area contributed by atoms with E-state index < -0.39 is 5.97 Å². The second-order valence-corrected chi connectivity index (χ2v) is 5.78. The molecule has 0 saturated heterocycles. The molecule has 1 N–H and O–H groups in total. The zero-order valence-corrected chi connectivity index (χ0v) is 16.0. The van der Waals surface area contributed by atoms with Crippen molar-refractivity contribution in [3.8, 4) is 17.2 Å². The fraction of sp³-hybridized carbons (Fsp3) is 0.300. The highest BCUT2D eigenvalue weighted by molar-refractivity contribution is 5.96. The Morgan fingerprint density at radius 2 is 1.56 bits per heavy atom. The number of amides is 1. The fourth-order valence-corrected chi connectivity index (χ4v) is 2.62. The van der Waals surface area contributed by atoms with Crippen LogP contribution in [0.5, 0.6) is 17.2 Å². The monoisotopic (exact) mass is 373 g/mol. The van der Waals surface area contributed by atoms with Gasteiger partial charge < -0.3 is 24.3 Å². The molecule has 0 aromatic heterocycles. The van der Waals surface area contributed by atoms with Gasteiger partial charge in [-0.1, -0.05) is 6.07 Å². The molecule has 0 aliphatic carbocycles. The lowest BCUT2D eigenvalue weighted by atomic mass is 10.1. The molecule has 2 aromatic carbocycles. The van der Waals surface area contributed by atoms with Gasteiger partial charge in [-0.05, 0) is 42.3 Å². The number of carbonyl (C=O) groups is 2. The molecular formula is C20H23NO6. The van der Waals surface area contributed by atoms with Gasteiger partial charge in [-0.15, -0.1) is 0 Å². The highest BCUT2D eigenvalue weighted by Gasteiger charge is 2.16. The zero-order chi connectivity index (χ0) is 20.0. The summed E-state index contributed by atoms with van der Waals surface area (Å²) in [6.07, 6.45) is 0.0958. The van der Waals surface area contributed by atoms with Crippen LogP contribution in [0, 0.1) is 6.92 Å². The van der Waals surface area contributed by atoms with Crippen molar-refractivity contribution in [2.45, 2.75) is 13.3 Å². The van der Waals surface area contributed by atoms with Crippen LogP contribution < -0.4 is 19.5 Å². The van der Waals surface area contributed by atoms with Crippen LogP contribution in [0.15, 0.2) is 30.3 Å². The summed E-state index contributed by atoms with van der Waals surface area (Å²) in [6.45, 7) is 1.84. The second kappa shape index (κ2) is 8.93. The van der Waals surface area contributed by atoms with Crippen molar-refractivity contribution in [1.82, 2.24) is 0 Å². The maximum Gasteiger partial charge on any atom is 0.337 e. The minimum absolute atomic E-state index is 0.0958. The lowest BCUT2D eigenvalue weighted by Gasteiger charge is -2.14. The van der Waals surface area contributed by atoms with E-state index >= 15 is 0 Å². The van der Waals surface area contributed by atoms with Gasteiger partial charge in [-0.25, -0.2) is 4.79 Å². The van der Waals surface area contributed by atoms with Gasteiger partial charge in [0.1, 0.15) is 0 Å². The van der Waals surface area contributed by atoms with Crippen LogP contribution in [0.2, 0.25) is 0 Å². The van der Waals surface area contributed by atoms with Crippen molar-refractivity contribution < 1.29 is 28.5 Å². The lowest BCUT2D eigenvalue weighted by Crippen LogP contribution is -2.16. The first-order valence-electron chi connectivity index (χ1n) is 8.21. The summed E-state index contributed by atoms with van der Waals surface area (Å²) in [4.78, 5) is 24.2. The van der Waals surface area contributed by atoms with Crippen LogP contribution in [0.4, 0.5) is 5.69 Å². The highest BCUT2D eigenvalue weighted by atomic mass is 16.5. The van der Waals surface area contributed by atoms with Crippen molar-refractivity contribution in [2.24, 2.45) is 0 Å². The summed E-state index contributed by atoms with van der Waals surface area (Å²) in [5.74, 6) is 0.710. The van der Waals surface area contributed by atoms with E-state index in [-0.39, 0.29) is 12.3 Å². The summed E-state index contributed by atoms with van der Waals surface area (Å²) in [7, 11) is 5.86. The molecule has 0 spiro atoms. The summed E-state index contributed by atoms with van der Waals surface area (Å²) in [5.41, 5.74) is 2.45. The number of ether oxygens (including phenoxy) is 4. The normalized spacial score (nSPS) is 10.1. The van der Waals surface area contributed by atoms with E-state index in [0.29, 0.717) is 34.1 Å². The number of carbonyl (C=O) groups excluding carboxylic acids is 2. The van der Waals surface area contributed by atoms with Gasteiger partial charge in [0.2, 0.25) is 11.7 Å². The molecule has 0 bridgehead atoms. The van der Waals surface area contributed by atoms with Gasteiger partial charge in [0.15, 0.2) is 11.5 Å². The average molecular weight is 373 g/mol.